The van der Waals surface area contributed by atoms with Crippen molar-refractivity contribution < 1.29 is 4.79 Å². The minimum atomic E-state index is 0.0265. The maximum Gasteiger partial charge on any atom is 0.180 e. The number of piperidine rings is 1. The van der Waals surface area contributed by atoms with Crippen LogP contribution in [0.1, 0.15) is 13.3 Å². The molecule has 15 heavy (non-hydrogen) atoms. The van der Waals surface area contributed by atoms with Crippen molar-refractivity contribution in [3.05, 3.63) is 23.5 Å². The van der Waals surface area contributed by atoms with Gasteiger partial charge in [-0.25, -0.2) is 0 Å². The first-order valence-corrected chi connectivity index (χ1v) is 5.66. The summed E-state index contributed by atoms with van der Waals surface area (Å²) in [5.74, 6) is 1.44. The number of fused-ring (bicyclic) bond motifs is 1. The molecule has 2 aliphatic carbocycles. The van der Waals surface area contributed by atoms with Crippen molar-refractivity contribution in [1.82, 2.24) is 10.6 Å². The summed E-state index contributed by atoms with van der Waals surface area (Å²) in [7, 11) is 0. The highest BCUT2D eigenvalue weighted by atomic mass is 16.1. The first-order valence-electron chi connectivity index (χ1n) is 5.66. The summed E-state index contributed by atoms with van der Waals surface area (Å²) in [6.07, 6.45) is 5.15. The monoisotopic (exact) mass is 202 g/mol. The van der Waals surface area contributed by atoms with Crippen molar-refractivity contribution in [2.75, 3.05) is 6.54 Å². The predicted octanol–water partition coefficient (Wildman–Crippen LogP) is 0.554. The van der Waals surface area contributed by atoms with E-state index in [-0.39, 0.29) is 11.8 Å². The van der Waals surface area contributed by atoms with Crippen molar-refractivity contribution in [3.63, 3.8) is 0 Å². The van der Waals surface area contributed by atoms with E-state index < -0.39 is 0 Å². The second-order valence-corrected chi connectivity index (χ2v) is 5.29. The summed E-state index contributed by atoms with van der Waals surface area (Å²) in [5, 5.41) is 6.64. The fraction of sp³-hybridized carbons (Fsp3) is 0.583. The Morgan fingerprint density at radius 3 is 3.20 bits per heavy atom. The van der Waals surface area contributed by atoms with Crippen LogP contribution in [0.3, 0.4) is 0 Å². The molecule has 0 aromatic carbocycles. The Morgan fingerprint density at radius 2 is 2.40 bits per heavy atom. The van der Waals surface area contributed by atoms with Crippen LogP contribution in [0.5, 0.6) is 0 Å². The maximum absolute atomic E-state index is 11.9. The Morgan fingerprint density at radius 1 is 1.53 bits per heavy atom. The fourth-order valence-corrected chi connectivity index (χ4v) is 3.92. The molecule has 4 unspecified atom stereocenters. The van der Waals surface area contributed by atoms with E-state index in [0.29, 0.717) is 11.3 Å². The van der Waals surface area contributed by atoms with Gasteiger partial charge in [0.05, 0.1) is 6.04 Å². The van der Waals surface area contributed by atoms with Crippen LogP contribution in [-0.4, -0.2) is 18.4 Å². The van der Waals surface area contributed by atoms with Gasteiger partial charge in [-0.3, -0.25) is 4.79 Å². The molecule has 0 aromatic rings. The van der Waals surface area contributed by atoms with Crippen LogP contribution in [0.2, 0.25) is 0 Å². The van der Waals surface area contributed by atoms with Crippen LogP contribution in [0, 0.1) is 17.3 Å². The molecule has 2 heterocycles. The molecule has 2 N–H and O–H groups in total. The molecule has 0 bridgehead atoms. The zero-order chi connectivity index (χ0) is 10.2. The third-order valence-corrected chi connectivity index (χ3v) is 4.66. The molecule has 0 aromatic heterocycles. The minimum Gasteiger partial charge on any atom is -0.387 e. The number of allylic oxidation sites excluding steroid dienone is 1. The van der Waals surface area contributed by atoms with Crippen LogP contribution in [0.4, 0.5) is 0 Å². The Kier molecular flexibility index (Phi) is 1.13. The molecular formula is C12H14N2O. The molecule has 2 fully saturated rings. The Balaban J connectivity index is 1.90. The molecule has 4 aliphatic rings. The van der Waals surface area contributed by atoms with Crippen molar-refractivity contribution in [2.24, 2.45) is 17.3 Å². The molecule has 1 spiro atoms. The first-order chi connectivity index (χ1) is 7.23. The Hall–Kier alpha value is -1.25. The number of ketones is 1. The van der Waals surface area contributed by atoms with Gasteiger partial charge < -0.3 is 10.6 Å². The molecule has 0 radical (unpaired) electrons. The summed E-state index contributed by atoms with van der Waals surface area (Å²) in [4.78, 5) is 11.9. The van der Waals surface area contributed by atoms with Gasteiger partial charge in [-0.1, -0.05) is 5.57 Å². The summed E-state index contributed by atoms with van der Waals surface area (Å²) in [6.45, 7) is 3.21. The molecule has 4 atom stereocenters. The maximum atomic E-state index is 11.9. The first kappa shape index (κ1) is 7.97. The molecule has 1 saturated heterocycles. The number of rotatable bonds is 0. The Bertz CT molecular complexity index is 437. The normalized spacial score (nSPS) is 49.4. The predicted molar refractivity (Wildman–Crippen MR) is 55.8 cm³/mol. The van der Waals surface area contributed by atoms with Gasteiger partial charge in [-0.05, 0) is 25.5 Å². The van der Waals surface area contributed by atoms with E-state index >= 15 is 0 Å². The van der Waals surface area contributed by atoms with E-state index in [1.54, 1.807) is 0 Å². The van der Waals surface area contributed by atoms with Crippen LogP contribution >= 0.6 is 0 Å². The molecular weight excluding hydrogens is 188 g/mol. The third kappa shape index (κ3) is 0.704. The number of carbonyl (C=O) groups excluding carboxylic acids is 1. The highest BCUT2D eigenvalue weighted by molar-refractivity contribution is 5.98. The fourth-order valence-electron chi connectivity index (χ4n) is 3.92. The molecule has 3 nitrogen and oxygen atoms in total. The average molecular weight is 202 g/mol. The summed E-state index contributed by atoms with van der Waals surface area (Å²) in [6, 6.07) is 0.0265. The van der Waals surface area contributed by atoms with Gasteiger partial charge in [0.2, 0.25) is 0 Å². The quantitative estimate of drug-likeness (QED) is 0.603. The topological polar surface area (TPSA) is 41.1 Å². The van der Waals surface area contributed by atoms with Crippen molar-refractivity contribution >= 4 is 5.78 Å². The van der Waals surface area contributed by atoms with E-state index in [1.165, 1.54) is 17.7 Å². The molecule has 3 heteroatoms. The zero-order valence-corrected chi connectivity index (χ0v) is 8.71. The third-order valence-electron chi connectivity index (χ3n) is 4.66. The van der Waals surface area contributed by atoms with E-state index in [9.17, 15) is 4.79 Å². The molecule has 2 aliphatic heterocycles. The van der Waals surface area contributed by atoms with Crippen LogP contribution in [0.15, 0.2) is 23.5 Å². The van der Waals surface area contributed by atoms with Crippen molar-refractivity contribution in [3.8, 4) is 0 Å². The van der Waals surface area contributed by atoms with Gasteiger partial charge in [-0.2, -0.15) is 0 Å². The average Bonchev–Trinajstić information content (AvgIpc) is 2.61. The van der Waals surface area contributed by atoms with E-state index in [4.69, 9.17) is 0 Å². The molecule has 0 amide bonds. The Labute approximate surface area is 88.6 Å². The van der Waals surface area contributed by atoms with Gasteiger partial charge in [0.15, 0.2) is 5.78 Å². The number of hydrogen-bond acceptors (Lipinski definition) is 3. The van der Waals surface area contributed by atoms with Gasteiger partial charge in [0.25, 0.3) is 0 Å². The number of hydrogen-bond donors (Lipinski definition) is 2. The van der Waals surface area contributed by atoms with Crippen molar-refractivity contribution in [2.45, 2.75) is 19.4 Å². The van der Waals surface area contributed by atoms with Crippen LogP contribution in [0.25, 0.3) is 0 Å². The minimum absolute atomic E-state index is 0.0265. The van der Waals surface area contributed by atoms with Crippen molar-refractivity contribution in [1.29, 1.82) is 0 Å². The van der Waals surface area contributed by atoms with Gasteiger partial charge in [0.1, 0.15) is 0 Å². The lowest BCUT2D eigenvalue weighted by Crippen LogP contribution is -2.44. The lowest BCUT2D eigenvalue weighted by Gasteiger charge is -2.33. The molecule has 4 rings (SSSR count). The molecule has 1 saturated carbocycles. The highest BCUT2D eigenvalue weighted by Gasteiger charge is 2.69. The lowest BCUT2D eigenvalue weighted by molar-refractivity contribution is -0.118. The van der Waals surface area contributed by atoms with Gasteiger partial charge in [0, 0.05) is 29.7 Å². The second kappa shape index (κ2) is 2.13. The number of nitrogens with one attached hydrogen (secondary N) is 2. The van der Waals surface area contributed by atoms with E-state index in [0.717, 1.165) is 12.5 Å². The summed E-state index contributed by atoms with van der Waals surface area (Å²) >= 11 is 0. The largest absolute Gasteiger partial charge is 0.387 e. The number of carbonyl (C=O) groups is 1. The smallest absolute Gasteiger partial charge is 0.180 e. The second-order valence-electron chi connectivity index (χ2n) is 5.29. The standard InChI is InChI=1S/C12H14N2O/c1-6-4-14-11-8(15)2-9-12(10(6)11)3-7(12)5-13-9/h2,4,7,10-11,13-14H,3,5H2,1H3. The lowest BCUT2D eigenvalue weighted by atomic mass is 9.73. The van der Waals surface area contributed by atoms with E-state index in [2.05, 4.69) is 17.6 Å². The summed E-state index contributed by atoms with van der Waals surface area (Å²) < 4.78 is 0. The summed E-state index contributed by atoms with van der Waals surface area (Å²) in [5.41, 5.74) is 2.88. The van der Waals surface area contributed by atoms with E-state index in [1.807, 2.05) is 12.3 Å². The van der Waals surface area contributed by atoms with Crippen LogP contribution in [-0.2, 0) is 4.79 Å². The zero-order valence-electron chi connectivity index (χ0n) is 8.71. The van der Waals surface area contributed by atoms with Gasteiger partial charge in [-0.15, -0.1) is 0 Å². The molecule has 78 valence electrons. The highest BCUT2D eigenvalue weighted by Crippen LogP contribution is 2.68. The SMILES string of the molecule is CC1=CNC2C(=O)C=C3NCC4CC34C12. The van der Waals surface area contributed by atoms with Gasteiger partial charge >= 0.3 is 0 Å². The van der Waals surface area contributed by atoms with Crippen LogP contribution < -0.4 is 10.6 Å².